The lowest BCUT2D eigenvalue weighted by Gasteiger charge is -2.09. The van der Waals surface area contributed by atoms with E-state index in [1.54, 1.807) is 0 Å². The number of hydrogen-bond acceptors (Lipinski definition) is 2. The van der Waals surface area contributed by atoms with Crippen molar-refractivity contribution >= 4 is 21.8 Å². The van der Waals surface area contributed by atoms with Crippen LogP contribution in [0.2, 0.25) is 0 Å². The smallest absolute Gasteiger partial charge is 0.142 e. The van der Waals surface area contributed by atoms with Crippen LogP contribution in [0.4, 0.5) is 0 Å². The van der Waals surface area contributed by atoms with Crippen molar-refractivity contribution in [2.45, 2.75) is 26.8 Å². The van der Waals surface area contributed by atoms with Gasteiger partial charge in [-0.15, -0.1) is 0 Å². The summed E-state index contributed by atoms with van der Waals surface area (Å²) in [6.07, 6.45) is 0. The number of hydrogen-bond donors (Lipinski definition) is 2. The van der Waals surface area contributed by atoms with Crippen LogP contribution >= 0.6 is 15.9 Å². The van der Waals surface area contributed by atoms with Crippen LogP contribution in [0.25, 0.3) is 0 Å². The monoisotopic (exact) mass is 269 g/mol. The molecule has 0 fully saturated rings. The van der Waals surface area contributed by atoms with E-state index in [9.17, 15) is 0 Å². The van der Waals surface area contributed by atoms with Crippen molar-refractivity contribution in [2.75, 3.05) is 0 Å². The predicted molar refractivity (Wildman–Crippen MR) is 67.9 cm³/mol. The number of amidine groups is 1. The van der Waals surface area contributed by atoms with Gasteiger partial charge in [0.05, 0.1) is 0 Å². The van der Waals surface area contributed by atoms with Gasteiger partial charge in [-0.3, -0.25) is 4.99 Å². The first-order valence-corrected chi connectivity index (χ1v) is 5.64. The second-order valence-electron chi connectivity index (χ2n) is 3.73. The Kier molecular flexibility index (Phi) is 4.29. The highest BCUT2D eigenvalue weighted by Crippen LogP contribution is 2.15. The summed E-state index contributed by atoms with van der Waals surface area (Å²) in [7, 11) is 0. The number of nitrogens with one attached hydrogen (secondary N) is 1. The largest absolute Gasteiger partial charge is 0.308 e. The summed E-state index contributed by atoms with van der Waals surface area (Å²) >= 11 is 3.45. The van der Waals surface area contributed by atoms with Crippen LogP contribution in [0.1, 0.15) is 25.0 Å². The summed E-state index contributed by atoms with van der Waals surface area (Å²) < 4.78 is 1.03. The Hall–Kier alpha value is -0.870. The van der Waals surface area contributed by atoms with Crippen LogP contribution in [-0.4, -0.2) is 11.9 Å². The van der Waals surface area contributed by atoms with Gasteiger partial charge in [-0.2, -0.15) is 0 Å². The van der Waals surface area contributed by atoms with Gasteiger partial charge in [-0.1, -0.05) is 15.9 Å². The molecule has 0 aliphatic heterocycles. The average molecular weight is 270 g/mol. The van der Waals surface area contributed by atoms with Gasteiger partial charge in [-0.25, -0.2) is 5.84 Å². The van der Waals surface area contributed by atoms with E-state index in [1.165, 1.54) is 5.56 Å². The molecular weight excluding hydrogens is 254 g/mol. The number of rotatable bonds is 2. The van der Waals surface area contributed by atoms with E-state index in [2.05, 4.69) is 26.3 Å². The number of hydrazine groups is 1. The van der Waals surface area contributed by atoms with Crippen LogP contribution < -0.4 is 11.3 Å². The molecule has 0 spiro atoms. The fourth-order valence-electron chi connectivity index (χ4n) is 1.33. The van der Waals surface area contributed by atoms with Crippen LogP contribution in [0.3, 0.4) is 0 Å². The van der Waals surface area contributed by atoms with Crippen LogP contribution in [0.15, 0.2) is 27.7 Å². The highest BCUT2D eigenvalue weighted by molar-refractivity contribution is 9.10. The summed E-state index contributed by atoms with van der Waals surface area (Å²) in [5, 5.41) is 0. The molecule has 0 amide bonds. The molecule has 0 aliphatic rings. The second-order valence-corrected chi connectivity index (χ2v) is 4.65. The SMILES string of the molecule is Cc1cc(Br)cc(C(=NC(C)C)NN)c1. The highest BCUT2D eigenvalue weighted by atomic mass is 79.9. The maximum absolute atomic E-state index is 5.46. The number of nitrogens with zero attached hydrogens (tertiary/aromatic N) is 1. The number of halogens is 1. The standard InChI is InChI=1S/C11H16BrN3/c1-7(2)14-11(15-13)9-4-8(3)5-10(12)6-9/h4-7H,13H2,1-3H3,(H,14,15). The van der Waals surface area contributed by atoms with Crippen molar-refractivity contribution in [1.82, 2.24) is 5.43 Å². The first-order chi connectivity index (χ1) is 7.02. The van der Waals surface area contributed by atoms with E-state index >= 15 is 0 Å². The summed E-state index contributed by atoms with van der Waals surface area (Å²) in [5.41, 5.74) is 4.80. The van der Waals surface area contributed by atoms with Crippen molar-refractivity contribution in [3.05, 3.63) is 33.8 Å². The van der Waals surface area contributed by atoms with Crippen molar-refractivity contribution in [3.8, 4) is 0 Å². The van der Waals surface area contributed by atoms with Gasteiger partial charge in [0.25, 0.3) is 0 Å². The fourth-order valence-corrected chi connectivity index (χ4v) is 1.93. The molecule has 3 nitrogen and oxygen atoms in total. The third-order valence-corrected chi connectivity index (χ3v) is 2.30. The molecule has 1 rings (SSSR count). The normalized spacial score (nSPS) is 12.0. The van der Waals surface area contributed by atoms with Crippen molar-refractivity contribution in [1.29, 1.82) is 0 Å². The van der Waals surface area contributed by atoms with E-state index in [1.807, 2.05) is 39.0 Å². The molecule has 1 aromatic carbocycles. The minimum atomic E-state index is 0.218. The molecule has 0 radical (unpaired) electrons. The van der Waals surface area contributed by atoms with Gasteiger partial charge in [-0.05, 0) is 44.5 Å². The quantitative estimate of drug-likeness (QED) is 0.375. The Balaban J connectivity index is 3.12. The van der Waals surface area contributed by atoms with E-state index < -0.39 is 0 Å². The Labute approximate surface area is 98.9 Å². The molecule has 0 aliphatic carbocycles. The Bertz CT molecular complexity index is 352. The molecule has 0 aromatic heterocycles. The number of nitrogens with two attached hydrogens (primary N) is 1. The number of aliphatic imine (C=N–C) groups is 1. The maximum Gasteiger partial charge on any atom is 0.142 e. The van der Waals surface area contributed by atoms with E-state index in [0.717, 1.165) is 15.9 Å². The first-order valence-electron chi connectivity index (χ1n) is 4.85. The minimum Gasteiger partial charge on any atom is -0.308 e. The summed E-state index contributed by atoms with van der Waals surface area (Å²) in [6.45, 7) is 6.07. The topological polar surface area (TPSA) is 50.4 Å². The van der Waals surface area contributed by atoms with Crippen molar-refractivity contribution in [3.63, 3.8) is 0 Å². The van der Waals surface area contributed by atoms with Crippen LogP contribution in [-0.2, 0) is 0 Å². The van der Waals surface area contributed by atoms with Crippen LogP contribution in [0.5, 0.6) is 0 Å². The molecular formula is C11H16BrN3. The second kappa shape index (κ2) is 5.28. The maximum atomic E-state index is 5.46. The third-order valence-electron chi connectivity index (χ3n) is 1.84. The molecule has 3 N–H and O–H groups in total. The van der Waals surface area contributed by atoms with E-state index in [4.69, 9.17) is 5.84 Å². The molecule has 0 saturated carbocycles. The van der Waals surface area contributed by atoms with Crippen molar-refractivity contribution < 1.29 is 0 Å². The lowest BCUT2D eigenvalue weighted by Crippen LogP contribution is -2.32. The third kappa shape index (κ3) is 3.64. The molecule has 0 saturated heterocycles. The van der Waals surface area contributed by atoms with Gasteiger partial charge < -0.3 is 5.43 Å². The molecule has 0 heterocycles. The molecule has 15 heavy (non-hydrogen) atoms. The van der Waals surface area contributed by atoms with Gasteiger partial charge in [0, 0.05) is 16.1 Å². The lowest BCUT2D eigenvalue weighted by molar-refractivity contribution is 0.820. The first kappa shape index (κ1) is 12.2. The fraction of sp³-hybridized carbons (Fsp3) is 0.364. The van der Waals surface area contributed by atoms with Crippen LogP contribution in [0, 0.1) is 6.92 Å². The minimum absolute atomic E-state index is 0.218. The summed E-state index contributed by atoms with van der Waals surface area (Å²) in [4.78, 5) is 4.41. The van der Waals surface area contributed by atoms with E-state index in [0.29, 0.717) is 0 Å². The molecule has 82 valence electrons. The lowest BCUT2D eigenvalue weighted by atomic mass is 10.1. The Morgan fingerprint density at radius 1 is 1.40 bits per heavy atom. The van der Waals surface area contributed by atoms with E-state index in [-0.39, 0.29) is 6.04 Å². The zero-order valence-electron chi connectivity index (χ0n) is 9.21. The average Bonchev–Trinajstić information content (AvgIpc) is 2.12. The van der Waals surface area contributed by atoms with Crippen molar-refractivity contribution in [2.24, 2.45) is 10.8 Å². The number of aryl methyl sites for hydroxylation is 1. The summed E-state index contributed by atoms with van der Waals surface area (Å²) in [5.74, 6) is 6.17. The molecule has 0 atom stereocenters. The molecule has 1 aromatic rings. The molecule has 4 heteroatoms. The predicted octanol–water partition coefficient (Wildman–Crippen LogP) is 2.38. The van der Waals surface area contributed by atoms with Gasteiger partial charge in [0.15, 0.2) is 0 Å². The zero-order chi connectivity index (χ0) is 11.4. The van der Waals surface area contributed by atoms with Gasteiger partial charge >= 0.3 is 0 Å². The summed E-state index contributed by atoms with van der Waals surface area (Å²) in [6, 6.07) is 6.31. The molecule has 0 bridgehead atoms. The zero-order valence-corrected chi connectivity index (χ0v) is 10.8. The number of benzene rings is 1. The Morgan fingerprint density at radius 2 is 2.07 bits per heavy atom. The Morgan fingerprint density at radius 3 is 2.53 bits per heavy atom. The highest BCUT2D eigenvalue weighted by Gasteiger charge is 2.04. The van der Waals surface area contributed by atoms with Gasteiger partial charge in [0.1, 0.15) is 5.84 Å². The van der Waals surface area contributed by atoms with Gasteiger partial charge in [0.2, 0.25) is 0 Å². The molecule has 0 unspecified atom stereocenters.